The van der Waals surface area contributed by atoms with Crippen LogP contribution in [0.5, 0.6) is 0 Å². The van der Waals surface area contributed by atoms with Crippen molar-refractivity contribution in [2.45, 2.75) is 0 Å². The predicted molar refractivity (Wildman–Crippen MR) is 60.1 cm³/mol. The molecule has 0 aliphatic carbocycles. The molecule has 0 unspecified atom stereocenters. The van der Waals surface area contributed by atoms with Gasteiger partial charge in [0.25, 0.3) is 5.56 Å². The Bertz CT molecular complexity index is 748. The molecule has 3 rings (SSSR count). The number of hydrogen-bond donors (Lipinski definition) is 0. The van der Waals surface area contributed by atoms with E-state index in [9.17, 15) is 4.79 Å². The Morgan fingerprint density at radius 3 is 3.00 bits per heavy atom. The first-order chi connectivity index (χ1) is 7.79. The van der Waals surface area contributed by atoms with E-state index in [2.05, 4.69) is 15.0 Å². The van der Waals surface area contributed by atoms with Gasteiger partial charge in [-0.15, -0.1) is 0 Å². The summed E-state index contributed by atoms with van der Waals surface area (Å²) in [5.41, 5.74) is 1.82. The summed E-state index contributed by atoms with van der Waals surface area (Å²) in [5.74, 6) is 0. The minimum absolute atomic E-state index is 0.127. The standard InChI is InChI=1S/C11H8N4O/c1-15-8-3-2-4-13-9(8)7-5-12-6-14-10(7)11(15)16/h2-6H,1H3. The van der Waals surface area contributed by atoms with Gasteiger partial charge in [0.2, 0.25) is 0 Å². The Morgan fingerprint density at radius 1 is 1.25 bits per heavy atom. The van der Waals surface area contributed by atoms with Gasteiger partial charge in [-0.25, -0.2) is 9.97 Å². The van der Waals surface area contributed by atoms with Crippen molar-refractivity contribution in [3.8, 4) is 0 Å². The van der Waals surface area contributed by atoms with Gasteiger partial charge < -0.3 is 4.57 Å². The molecule has 5 nitrogen and oxygen atoms in total. The van der Waals surface area contributed by atoms with E-state index < -0.39 is 0 Å². The topological polar surface area (TPSA) is 60.7 Å². The molecule has 0 radical (unpaired) electrons. The highest BCUT2D eigenvalue weighted by atomic mass is 16.1. The SMILES string of the molecule is Cn1c(=O)c2ncncc2c2ncccc21. The molecule has 16 heavy (non-hydrogen) atoms. The van der Waals surface area contributed by atoms with Crippen LogP contribution in [0.15, 0.2) is 35.6 Å². The third-order valence-corrected chi connectivity index (χ3v) is 2.62. The first-order valence-electron chi connectivity index (χ1n) is 4.82. The molecular formula is C11H8N4O. The van der Waals surface area contributed by atoms with Crippen LogP contribution in [0.1, 0.15) is 0 Å². The molecule has 0 aliphatic heterocycles. The summed E-state index contributed by atoms with van der Waals surface area (Å²) >= 11 is 0. The van der Waals surface area contributed by atoms with E-state index in [1.807, 2.05) is 6.07 Å². The number of aryl methyl sites for hydroxylation is 1. The molecule has 3 heterocycles. The molecule has 3 aromatic heterocycles. The number of nitrogens with zero attached hydrogens (tertiary/aromatic N) is 4. The van der Waals surface area contributed by atoms with Crippen LogP contribution in [-0.2, 0) is 7.05 Å². The van der Waals surface area contributed by atoms with E-state index in [4.69, 9.17) is 0 Å². The number of pyridine rings is 2. The maximum absolute atomic E-state index is 12.0. The molecule has 0 aromatic carbocycles. The summed E-state index contributed by atoms with van der Waals surface area (Å²) < 4.78 is 1.55. The lowest BCUT2D eigenvalue weighted by Gasteiger charge is -2.05. The van der Waals surface area contributed by atoms with Gasteiger partial charge in [0.1, 0.15) is 11.8 Å². The molecule has 0 saturated heterocycles. The van der Waals surface area contributed by atoms with Crippen molar-refractivity contribution >= 4 is 21.9 Å². The molecule has 0 atom stereocenters. The molecule has 0 N–H and O–H groups in total. The van der Waals surface area contributed by atoms with Gasteiger partial charge in [-0.2, -0.15) is 0 Å². The van der Waals surface area contributed by atoms with Crippen LogP contribution in [0.4, 0.5) is 0 Å². The lowest BCUT2D eigenvalue weighted by Crippen LogP contribution is -2.18. The minimum atomic E-state index is -0.127. The number of hydrogen-bond acceptors (Lipinski definition) is 4. The van der Waals surface area contributed by atoms with Gasteiger partial charge in [-0.3, -0.25) is 9.78 Å². The number of aromatic nitrogens is 4. The number of fused-ring (bicyclic) bond motifs is 3. The second kappa shape index (κ2) is 3.10. The minimum Gasteiger partial charge on any atom is -0.308 e. The van der Waals surface area contributed by atoms with E-state index in [-0.39, 0.29) is 5.56 Å². The van der Waals surface area contributed by atoms with Crippen molar-refractivity contribution in [1.29, 1.82) is 0 Å². The van der Waals surface area contributed by atoms with E-state index >= 15 is 0 Å². The lowest BCUT2D eigenvalue weighted by atomic mass is 10.2. The first-order valence-corrected chi connectivity index (χ1v) is 4.82. The Balaban J connectivity index is 2.74. The normalized spacial score (nSPS) is 11.1. The predicted octanol–water partition coefficient (Wildman–Crippen LogP) is 0.877. The molecule has 0 saturated carbocycles. The largest absolute Gasteiger partial charge is 0.308 e. The third kappa shape index (κ3) is 1.05. The zero-order valence-electron chi connectivity index (χ0n) is 8.58. The average Bonchev–Trinajstić information content (AvgIpc) is 2.36. The van der Waals surface area contributed by atoms with Gasteiger partial charge in [0.15, 0.2) is 0 Å². The summed E-state index contributed by atoms with van der Waals surface area (Å²) in [7, 11) is 1.72. The second-order valence-electron chi connectivity index (χ2n) is 3.52. The molecule has 0 aliphatic rings. The van der Waals surface area contributed by atoms with Gasteiger partial charge in [0, 0.05) is 19.4 Å². The summed E-state index contributed by atoms with van der Waals surface area (Å²) in [6.45, 7) is 0. The highest BCUT2D eigenvalue weighted by Crippen LogP contribution is 2.16. The highest BCUT2D eigenvalue weighted by molar-refractivity contribution is 6.00. The lowest BCUT2D eigenvalue weighted by molar-refractivity contribution is 0.909. The first kappa shape index (κ1) is 8.96. The molecule has 0 bridgehead atoms. The Hall–Kier alpha value is -2.30. The summed E-state index contributed by atoms with van der Waals surface area (Å²) in [4.78, 5) is 24.2. The van der Waals surface area contributed by atoms with E-state index in [0.717, 1.165) is 11.0 Å². The summed E-state index contributed by atoms with van der Waals surface area (Å²) in [5, 5.41) is 0.696. The third-order valence-electron chi connectivity index (χ3n) is 2.62. The maximum Gasteiger partial charge on any atom is 0.277 e. The molecule has 0 fully saturated rings. The van der Waals surface area contributed by atoms with Crippen LogP contribution in [0.3, 0.4) is 0 Å². The zero-order chi connectivity index (χ0) is 11.1. The molecule has 78 valence electrons. The van der Waals surface area contributed by atoms with Crippen molar-refractivity contribution in [3.05, 3.63) is 41.2 Å². The van der Waals surface area contributed by atoms with Gasteiger partial charge in [0.05, 0.1) is 16.4 Å². The molecule has 3 aromatic rings. The van der Waals surface area contributed by atoms with Crippen LogP contribution >= 0.6 is 0 Å². The van der Waals surface area contributed by atoms with Crippen LogP contribution in [0.2, 0.25) is 0 Å². The average molecular weight is 212 g/mol. The van der Waals surface area contributed by atoms with Gasteiger partial charge in [-0.1, -0.05) is 0 Å². The van der Waals surface area contributed by atoms with Crippen LogP contribution < -0.4 is 5.56 Å². The summed E-state index contributed by atoms with van der Waals surface area (Å²) in [6, 6.07) is 3.66. The van der Waals surface area contributed by atoms with Crippen molar-refractivity contribution < 1.29 is 0 Å². The van der Waals surface area contributed by atoms with Gasteiger partial charge in [-0.05, 0) is 12.1 Å². The van der Waals surface area contributed by atoms with E-state index in [1.54, 1.807) is 30.1 Å². The van der Waals surface area contributed by atoms with Crippen LogP contribution in [0.25, 0.3) is 21.9 Å². The molecular weight excluding hydrogens is 204 g/mol. The fourth-order valence-corrected chi connectivity index (χ4v) is 1.82. The number of rotatable bonds is 0. The molecule has 0 spiro atoms. The smallest absolute Gasteiger partial charge is 0.277 e. The monoisotopic (exact) mass is 212 g/mol. The maximum atomic E-state index is 12.0. The van der Waals surface area contributed by atoms with Gasteiger partial charge >= 0.3 is 0 Å². The quantitative estimate of drug-likeness (QED) is 0.519. The second-order valence-corrected chi connectivity index (χ2v) is 3.52. The highest BCUT2D eigenvalue weighted by Gasteiger charge is 2.09. The fraction of sp³-hybridized carbons (Fsp3) is 0.0909. The molecule has 5 heteroatoms. The van der Waals surface area contributed by atoms with Crippen molar-refractivity contribution in [1.82, 2.24) is 19.5 Å². The Kier molecular flexibility index (Phi) is 1.73. The molecule has 0 amide bonds. The Morgan fingerprint density at radius 2 is 2.12 bits per heavy atom. The van der Waals surface area contributed by atoms with E-state index in [1.165, 1.54) is 6.33 Å². The van der Waals surface area contributed by atoms with Crippen molar-refractivity contribution in [2.24, 2.45) is 7.05 Å². The van der Waals surface area contributed by atoms with Crippen LogP contribution in [-0.4, -0.2) is 19.5 Å². The Labute approximate surface area is 90.4 Å². The zero-order valence-corrected chi connectivity index (χ0v) is 8.58. The van der Waals surface area contributed by atoms with Crippen LogP contribution in [0, 0.1) is 0 Å². The van der Waals surface area contributed by atoms with E-state index in [0.29, 0.717) is 10.9 Å². The fourth-order valence-electron chi connectivity index (χ4n) is 1.82. The summed E-state index contributed by atoms with van der Waals surface area (Å²) in [6.07, 6.45) is 4.69. The van der Waals surface area contributed by atoms with Crippen molar-refractivity contribution in [2.75, 3.05) is 0 Å². The van der Waals surface area contributed by atoms with Crippen molar-refractivity contribution in [3.63, 3.8) is 0 Å².